The lowest BCUT2D eigenvalue weighted by molar-refractivity contribution is 0.956. The predicted octanol–water partition coefficient (Wildman–Crippen LogP) is -0.372. The zero-order valence-electron chi connectivity index (χ0n) is 3.76. The molecule has 0 aromatic carbocycles. The van der Waals surface area contributed by atoms with E-state index < -0.39 is 5.69 Å². The lowest BCUT2D eigenvalue weighted by Crippen LogP contribution is -2.09. The highest BCUT2D eigenvalue weighted by Gasteiger charge is 1.77. The average molecular weight is 128 g/mol. The zero-order chi connectivity index (χ0) is 5.98. The minimum Gasteiger partial charge on any atom is -0.314 e. The molecule has 2 N–H and O–H groups in total. The third-order valence-electron chi connectivity index (χ3n) is 0.547. The van der Waals surface area contributed by atoms with E-state index >= 15 is 0 Å². The van der Waals surface area contributed by atoms with Crippen LogP contribution in [0, 0.1) is 11.1 Å². The van der Waals surface area contributed by atoms with Gasteiger partial charge in [-0.05, 0) is 12.2 Å². The van der Waals surface area contributed by atoms with E-state index in [0.29, 0.717) is 0 Å². The van der Waals surface area contributed by atoms with Crippen LogP contribution in [0.4, 0.5) is 0 Å². The van der Waals surface area contributed by atoms with Crippen molar-refractivity contribution < 1.29 is 0 Å². The molecule has 0 saturated heterocycles. The average Bonchev–Trinajstić information content (AvgIpc) is 1.64. The van der Waals surface area contributed by atoms with E-state index in [9.17, 15) is 4.79 Å². The van der Waals surface area contributed by atoms with E-state index in [1.165, 1.54) is 0 Å². The van der Waals surface area contributed by atoms with E-state index in [-0.39, 0.29) is 4.77 Å². The SMILES string of the molecule is O=c1n[c][nH]c(=S)[nH]1. The first kappa shape index (κ1) is 5.17. The van der Waals surface area contributed by atoms with Gasteiger partial charge in [-0.15, -0.1) is 0 Å². The van der Waals surface area contributed by atoms with Gasteiger partial charge in [0, 0.05) is 0 Å². The van der Waals surface area contributed by atoms with Gasteiger partial charge in [-0.3, -0.25) is 4.98 Å². The summed E-state index contributed by atoms with van der Waals surface area (Å²) in [5.41, 5.74) is -0.478. The molecule has 1 heterocycles. The Labute approximate surface area is 49.6 Å². The third-order valence-corrected chi connectivity index (χ3v) is 0.751. The molecule has 0 aliphatic rings. The van der Waals surface area contributed by atoms with Crippen molar-refractivity contribution in [1.82, 2.24) is 15.0 Å². The Bertz CT molecular complexity index is 249. The Hall–Kier alpha value is -0.970. The van der Waals surface area contributed by atoms with Crippen molar-refractivity contribution >= 4 is 12.2 Å². The summed E-state index contributed by atoms with van der Waals surface area (Å²) in [6.07, 6.45) is 2.21. The Morgan fingerprint density at radius 3 is 2.88 bits per heavy atom. The molecule has 41 valence electrons. The van der Waals surface area contributed by atoms with Crippen molar-refractivity contribution in [3.05, 3.63) is 21.6 Å². The number of nitrogens with one attached hydrogen (secondary N) is 2. The van der Waals surface area contributed by atoms with E-state index in [4.69, 9.17) is 0 Å². The van der Waals surface area contributed by atoms with Crippen LogP contribution in [0.15, 0.2) is 4.79 Å². The van der Waals surface area contributed by atoms with E-state index in [2.05, 4.69) is 33.5 Å². The normalized spacial score (nSPS) is 9.00. The summed E-state index contributed by atoms with van der Waals surface area (Å²) in [6, 6.07) is 0. The highest BCUT2D eigenvalue weighted by molar-refractivity contribution is 7.71. The fourth-order valence-electron chi connectivity index (χ4n) is 0.286. The quantitative estimate of drug-likeness (QED) is 0.468. The molecule has 8 heavy (non-hydrogen) atoms. The lowest BCUT2D eigenvalue weighted by atomic mass is 11.1. The second-order valence-corrected chi connectivity index (χ2v) is 1.52. The second kappa shape index (κ2) is 1.87. The number of aromatic nitrogens is 3. The van der Waals surface area contributed by atoms with Crippen LogP contribution < -0.4 is 5.69 Å². The minimum atomic E-state index is -0.478. The molecule has 1 radical (unpaired) electrons. The highest BCUT2D eigenvalue weighted by Crippen LogP contribution is 1.62. The Morgan fingerprint density at radius 2 is 2.50 bits per heavy atom. The molecule has 0 aliphatic carbocycles. The molecule has 1 aromatic rings. The van der Waals surface area contributed by atoms with Gasteiger partial charge < -0.3 is 4.98 Å². The summed E-state index contributed by atoms with van der Waals surface area (Å²) in [5, 5.41) is 0. The predicted molar refractivity (Wildman–Crippen MR) is 28.9 cm³/mol. The van der Waals surface area contributed by atoms with Gasteiger partial charge in [0.05, 0.1) is 0 Å². The van der Waals surface area contributed by atoms with Gasteiger partial charge in [-0.1, -0.05) is 0 Å². The summed E-state index contributed by atoms with van der Waals surface area (Å²) >= 11 is 4.52. The van der Waals surface area contributed by atoms with Crippen LogP contribution in [0.5, 0.6) is 0 Å². The zero-order valence-corrected chi connectivity index (χ0v) is 4.58. The molecule has 4 nitrogen and oxygen atoms in total. The van der Waals surface area contributed by atoms with Gasteiger partial charge in [0.25, 0.3) is 0 Å². The molecule has 0 bridgehead atoms. The monoisotopic (exact) mass is 128 g/mol. The van der Waals surface area contributed by atoms with Crippen molar-refractivity contribution in [3.63, 3.8) is 0 Å². The Morgan fingerprint density at radius 1 is 1.75 bits per heavy atom. The molecule has 1 aromatic heterocycles. The number of nitrogens with zero attached hydrogens (tertiary/aromatic N) is 1. The smallest absolute Gasteiger partial charge is 0.314 e. The molecule has 0 amide bonds. The van der Waals surface area contributed by atoms with Gasteiger partial charge >= 0.3 is 5.69 Å². The van der Waals surface area contributed by atoms with Crippen LogP contribution in [0.2, 0.25) is 0 Å². The van der Waals surface area contributed by atoms with Crippen molar-refractivity contribution in [2.75, 3.05) is 0 Å². The molecule has 0 aliphatic heterocycles. The van der Waals surface area contributed by atoms with Gasteiger partial charge in [0.1, 0.15) is 0 Å². The maximum Gasteiger partial charge on any atom is 0.349 e. The van der Waals surface area contributed by atoms with Crippen LogP contribution in [0.3, 0.4) is 0 Å². The van der Waals surface area contributed by atoms with Crippen molar-refractivity contribution in [3.8, 4) is 0 Å². The van der Waals surface area contributed by atoms with E-state index in [0.717, 1.165) is 0 Å². The number of hydrogen-bond donors (Lipinski definition) is 2. The molecule has 0 atom stereocenters. The molecule has 0 unspecified atom stereocenters. The number of aromatic amines is 2. The molecule has 0 spiro atoms. The summed E-state index contributed by atoms with van der Waals surface area (Å²) in [7, 11) is 0. The van der Waals surface area contributed by atoms with E-state index in [1.807, 2.05) is 0 Å². The maximum absolute atomic E-state index is 10.2. The number of rotatable bonds is 0. The van der Waals surface area contributed by atoms with Crippen molar-refractivity contribution in [2.45, 2.75) is 0 Å². The van der Waals surface area contributed by atoms with E-state index in [1.54, 1.807) is 0 Å². The van der Waals surface area contributed by atoms with Gasteiger partial charge in [0.15, 0.2) is 11.1 Å². The van der Waals surface area contributed by atoms with Gasteiger partial charge in [-0.2, -0.15) is 4.98 Å². The highest BCUT2D eigenvalue weighted by atomic mass is 32.1. The van der Waals surface area contributed by atoms with Crippen LogP contribution >= 0.6 is 12.2 Å². The first-order valence-electron chi connectivity index (χ1n) is 1.86. The first-order valence-corrected chi connectivity index (χ1v) is 2.26. The summed E-state index contributed by atoms with van der Waals surface area (Å²) in [6.45, 7) is 0. The van der Waals surface area contributed by atoms with Crippen LogP contribution in [-0.4, -0.2) is 15.0 Å². The van der Waals surface area contributed by atoms with Crippen LogP contribution in [0.1, 0.15) is 0 Å². The third kappa shape index (κ3) is 1.00. The number of H-pyrrole nitrogens is 2. The summed E-state index contributed by atoms with van der Waals surface area (Å²) in [4.78, 5) is 18.0. The standard InChI is InChI=1S/C3H2N3OS/c7-2-4-1-5-3(8)6-2/h(H2,4,5,6,7,8). The molecule has 1 rings (SSSR count). The Kier molecular flexibility index (Phi) is 1.21. The Balaban J connectivity index is 3.50. The molecule has 0 fully saturated rings. The first-order chi connectivity index (χ1) is 3.79. The second-order valence-electron chi connectivity index (χ2n) is 1.11. The lowest BCUT2D eigenvalue weighted by Gasteiger charge is -1.76. The van der Waals surface area contributed by atoms with Crippen molar-refractivity contribution in [2.24, 2.45) is 0 Å². The molecule has 5 heteroatoms. The van der Waals surface area contributed by atoms with Crippen molar-refractivity contribution in [1.29, 1.82) is 0 Å². The molecule has 0 saturated carbocycles. The van der Waals surface area contributed by atoms with Gasteiger partial charge in [-0.25, -0.2) is 4.79 Å². The maximum atomic E-state index is 10.2. The fraction of sp³-hybridized carbons (Fsp3) is 0. The summed E-state index contributed by atoms with van der Waals surface area (Å²) in [5.74, 6) is 0. The van der Waals surface area contributed by atoms with Gasteiger partial charge in [0.2, 0.25) is 0 Å². The molecular formula is C3H2N3OS. The summed E-state index contributed by atoms with van der Waals surface area (Å²) < 4.78 is 0.241. The minimum absolute atomic E-state index is 0.241. The van der Waals surface area contributed by atoms with Crippen LogP contribution in [-0.2, 0) is 0 Å². The molecular weight excluding hydrogens is 126 g/mol. The topological polar surface area (TPSA) is 61.5 Å². The van der Waals surface area contributed by atoms with Crippen LogP contribution in [0.25, 0.3) is 0 Å². The largest absolute Gasteiger partial charge is 0.349 e. The number of hydrogen-bond acceptors (Lipinski definition) is 3. The fourth-order valence-corrected chi connectivity index (χ4v) is 0.419.